The average molecular weight is 398 g/mol. The Kier molecular flexibility index (Phi) is 28.5. The SMILES string of the molecule is CC(C)[PH+](CCNCc1nccn1C)C(C)C.[CH-]=O.[CH-]=O.[CH-]=O.[Mn]. The van der Waals surface area contributed by atoms with E-state index in [0.717, 1.165) is 30.2 Å². The van der Waals surface area contributed by atoms with Crippen molar-refractivity contribution >= 4 is 28.3 Å². The number of carbonyl (C=O) groups excluding carboxylic acids is 3. The van der Waals surface area contributed by atoms with Gasteiger partial charge in [-0.1, -0.05) is 0 Å². The van der Waals surface area contributed by atoms with Gasteiger partial charge in [0.1, 0.15) is 5.82 Å². The van der Waals surface area contributed by atoms with Crippen molar-refractivity contribution in [1.82, 2.24) is 14.9 Å². The summed E-state index contributed by atoms with van der Waals surface area (Å²) >= 11 is 0. The maximum Gasteiger partial charge on any atom is 0.122 e. The zero-order valence-electron chi connectivity index (χ0n) is 15.2. The van der Waals surface area contributed by atoms with Crippen LogP contribution in [-0.4, -0.2) is 53.9 Å². The van der Waals surface area contributed by atoms with Gasteiger partial charge in [0.2, 0.25) is 0 Å². The standard InChI is InChI=1S/C13H26N3P.3CHO.Mn/c1-11(2)17(12(3)4)9-7-14-10-13-15-6-8-16(13)5;3*1-2;/h6,8,11-12,14H,7,9-10H2,1-5H3;3*1H;/q;3*-1;/p+1. The number of hydrogen-bond donors (Lipinski definition) is 1. The first-order valence-electron chi connectivity index (χ1n) is 7.25. The topological polar surface area (TPSA) is 81.1 Å². The number of aryl methyl sites for hydroxylation is 1. The number of rotatable bonds is 7. The van der Waals surface area contributed by atoms with Crippen molar-refractivity contribution in [2.45, 2.75) is 45.6 Å². The molecule has 0 bridgehead atoms. The van der Waals surface area contributed by atoms with E-state index in [1.165, 1.54) is 6.16 Å². The Balaban J connectivity index is -0.000000256. The summed E-state index contributed by atoms with van der Waals surface area (Å²) in [7, 11) is 1.82. The van der Waals surface area contributed by atoms with Gasteiger partial charge in [-0.25, -0.2) is 4.98 Å². The van der Waals surface area contributed by atoms with Crippen molar-refractivity contribution < 1.29 is 31.5 Å². The van der Waals surface area contributed by atoms with Gasteiger partial charge in [-0.05, 0) is 27.7 Å². The van der Waals surface area contributed by atoms with Gasteiger partial charge in [0, 0.05) is 51.0 Å². The molecule has 0 fully saturated rings. The second kappa shape index (κ2) is 22.1. The zero-order chi connectivity index (χ0) is 18.8. The van der Waals surface area contributed by atoms with Gasteiger partial charge in [0.05, 0.1) is 24.0 Å². The van der Waals surface area contributed by atoms with Gasteiger partial charge in [0.15, 0.2) is 0 Å². The second-order valence-electron chi connectivity index (χ2n) is 5.27. The molecule has 1 aromatic rings. The van der Waals surface area contributed by atoms with Crippen LogP contribution in [0.1, 0.15) is 33.5 Å². The Labute approximate surface area is 158 Å². The Bertz CT molecular complexity index is 366. The number of hydrogen-bond acceptors (Lipinski definition) is 5. The minimum Gasteiger partial charge on any atom is -0.545 e. The molecular weight excluding hydrogens is 368 g/mol. The fourth-order valence-electron chi connectivity index (χ4n) is 2.24. The summed E-state index contributed by atoms with van der Waals surface area (Å²) in [5, 5.41) is 3.51. The molecule has 0 saturated carbocycles. The van der Waals surface area contributed by atoms with E-state index in [9.17, 15) is 0 Å². The van der Waals surface area contributed by atoms with E-state index in [4.69, 9.17) is 14.4 Å². The molecule has 6 nitrogen and oxygen atoms in total. The minimum atomic E-state index is -0.219. The quantitative estimate of drug-likeness (QED) is 0.249. The second-order valence-corrected chi connectivity index (χ2v) is 9.22. The molecule has 0 atom stereocenters. The van der Waals surface area contributed by atoms with Gasteiger partial charge < -0.3 is 24.3 Å². The van der Waals surface area contributed by atoms with Crippen molar-refractivity contribution in [2.75, 3.05) is 12.7 Å². The van der Waals surface area contributed by atoms with Crippen molar-refractivity contribution in [3.63, 3.8) is 0 Å². The molecular formula is C16H30MnN3O3P-2. The first kappa shape index (κ1) is 31.0. The normalized spacial score (nSPS) is 9.00. The molecule has 0 aromatic carbocycles. The summed E-state index contributed by atoms with van der Waals surface area (Å²) in [6, 6.07) is 0. The van der Waals surface area contributed by atoms with E-state index < -0.39 is 0 Å². The van der Waals surface area contributed by atoms with Gasteiger partial charge in [-0.3, -0.25) is 20.4 Å². The van der Waals surface area contributed by atoms with Crippen molar-refractivity contribution in [2.24, 2.45) is 7.05 Å². The molecule has 1 radical (unpaired) electrons. The van der Waals surface area contributed by atoms with Crippen LogP contribution in [0.5, 0.6) is 0 Å². The molecule has 0 amide bonds. The molecule has 0 spiro atoms. The van der Waals surface area contributed by atoms with Crippen molar-refractivity contribution in [3.8, 4) is 0 Å². The number of nitrogens with zero attached hydrogens (tertiary/aromatic N) is 2. The molecule has 0 aliphatic carbocycles. The van der Waals surface area contributed by atoms with Gasteiger partial charge >= 0.3 is 0 Å². The minimum absolute atomic E-state index is 0. The van der Waals surface area contributed by atoms with Crippen LogP contribution in [0, 0.1) is 0 Å². The summed E-state index contributed by atoms with van der Waals surface area (Å²) < 4.78 is 2.07. The Hall–Kier alpha value is -0.871. The van der Waals surface area contributed by atoms with E-state index in [2.05, 4.69) is 62.9 Å². The summed E-state index contributed by atoms with van der Waals surface area (Å²) in [6.45, 7) is 21.2. The molecule has 0 aliphatic rings. The maximum absolute atomic E-state index is 7.75. The van der Waals surface area contributed by atoms with Crippen molar-refractivity contribution in [3.05, 3.63) is 18.2 Å². The number of aromatic nitrogens is 2. The molecule has 141 valence electrons. The monoisotopic (exact) mass is 398 g/mol. The Morgan fingerprint density at radius 2 is 1.54 bits per heavy atom. The fourth-order valence-corrected chi connectivity index (χ4v) is 5.20. The van der Waals surface area contributed by atoms with Crippen LogP contribution in [0.4, 0.5) is 0 Å². The van der Waals surface area contributed by atoms with Gasteiger partial charge in [-0.2, -0.15) is 0 Å². The van der Waals surface area contributed by atoms with Crippen LogP contribution in [0.15, 0.2) is 12.4 Å². The molecule has 1 aromatic heterocycles. The first-order chi connectivity index (χ1) is 11.0. The van der Waals surface area contributed by atoms with Crippen LogP contribution in [0.25, 0.3) is 0 Å². The first-order valence-corrected chi connectivity index (χ1v) is 9.11. The molecule has 24 heavy (non-hydrogen) atoms. The third-order valence-electron chi connectivity index (χ3n) is 3.28. The Morgan fingerprint density at radius 1 is 1.08 bits per heavy atom. The zero-order valence-corrected chi connectivity index (χ0v) is 17.3. The van der Waals surface area contributed by atoms with E-state index in [1.807, 2.05) is 19.4 Å². The molecule has 1 N–H and O–H groups in total. The van der Waals surface area contributed by atoms with Gasteiger partial charge in [-0.15, -0.1) is 0 Å². The molecule has 1 heterocycles. The van der Waals surface area contributed by atoms with Crippen LogP contribution >= 0.6 is 7.92 Å². The molecule has 0 unspecified atom stereocenters. The fraction of sp³-hybridized carbons (Fsp3) is 0.625. The maximum atomic E-state index is 7.75. The van der Waals surface area contributed by atoms with E-state index >= 15 is 0 Å². The summed E-state index contributed by atoms with van der Waals surface area (Å²) in [5.74, 6) is 1.12. The Morgan fingerprint density at radius 3 is 1.88 bits per heavy atom. The van der Waals surface area contributed by atoms with E-state index in [-0.39, 0.29) is 25.0 Å². The van der Waals surface area contributed by atoms with E-state index in [0.29, 0.717) is 0 Å². The van der Waals surface area contributed by atoms with Crippen LogP contribution < -0.4 is 5.32 Å². The van der Waals surface area contributed by atoms with Crippen LogP contribution in [0.2, 0.25) is 0 Å². The molecule has 8 heteroatoms. The van der Waals surface area contributed by atoms with Crippen LogP contribution in [0.3, 0.4) is 0 Å². The predicted molar refractivity (Wildman–Crippen MR) is 98.6 cm³/mol. The largest absolute Gasteiger partial charge is 0.545 e. The van der Waals surface area contributed by atoms with E-state index in [1.54, 1.807) is 0 Å². The van der Waals surface area contributed by atoms with Gasteiger partial charge in [0.25, 0.3) is 0 Å². The number of nitrogens with one attached hydrogen (secondary N) is 1. The average Bonchev–Trinajstić information content (AvgIpc) is 2.97. The third-order valence-corrected chi connectivity index (χ3v) is 7.07. The predicted octanol–water partition coefficient (Wildman–Crippen LogP) is 1.72. The summed E-state index contributed by atoms with van der Waals surface area (Å²) in [4.78, 5) is 27.6. The van der Waals surface area contributed by atoms with Crippen LogP contribution in [-0.2, 0) is 45.0 Å². The number of imidazole rings is 1. The molecule has 0 aliphatic heterocycles. The third kappa shape index (κ3) is 14.7. The summed E-state index contributed by atoms with van der Waals surface area (Å²) in [6.07, 6.45) is 5.20. The smallest absolute Gasteiger partial charge is 0.122 e. The molecule has 1 rings (SSSR count). The summed E-state index contributed by atoms with van der Waals surface area (Å²) in [5.41, 5.74) is 1.74. The molecule has 0 saturated heterocycles. The van der Waals surface area contributed by atoms with Crippen molar-refractivity contribution in [1.29, 1.82) is 0 Å².